The molecule has 2 aromatic heterocycles. The Bertz CT molecular complexity index is 781. The fourth-order valence-corrected chi connectivity index (χ4v) is 3.67. The molecule has 28 heavy (non-hydrogen) atoms. The maximum Gasteiger partial charge on any atom is 0.433 e. The Labute approximate surface area is 170 Å². The summed E-state index contributed by atoms with van der Waals surface area (Å²) >= 11 is 0. The zero-order chi connectivity index (χ0) is 19.6. The van der Waals surface area contributed by atoms with Crippen LogP contribution in [0.4, 0.5) is 13.2 Å². The van der Waals surface area contributed by atoms with Gasteiger partial charge in [0.2, 0.25) is 5.88 Å². The van der Waals surface area contributed by atoms with Crippen molar-refractivity contribution in [3.05, 3.63) is 40.8 Å². The number of rotatable bonds is 6. The van der Waals surface area contributed by atoms with Gasteiger partial charge in [0.15, 0.2) is 0 Å². The van der Waals surface area contributed by atoms with Gasteiger partial charge in [0.25, 0.3) is 0 Å². The minimum absolute atomic E-state index is 0. The van der Waals surface area contributed by atoms with Crippen LogP contribution < -0.4 is 4.74 Å². The van der Waals surface area contributed by atoms with Gasteiger partial charge in [0, 0.05) is 24.3 Å². The molecule has 1 fully saturated rings. The third-order valence-electron chi connectivity index (χ3n) is 5.01. The van der Waals surface area contributed by atoms with E-state index in [0.717, 1.165) is 25.2 Å². The molecule has 1 unspecified atom stereocenters. The first-order chi connectivity index (χ1) is 12.8. The zero-order valence-electron chi connectivity index (χ0n) is 16.3. The van der Waals surface area contributed by atoms with Crippen LogP contribution >= 0.6 is 13.5 Å². The lowest BCUT2D eigenvalue weighted by Gasteiger charge is -2.23. The van der Waals surface area contributed by atoms with E-state index in [0.29, 0.717) is 36.1 Å². The van der Waals surface area contributed by atoms with Gasteiger partial charge >= 0.3 is 6.18 Å². The van der Waals surface area contributed by atoms with Gasteiger partial charge in [-0.1, -0.05) is 0 Å². The number of nitrogens with one attached hydrogen (secondary N) is 1. The quantitative estimate of drug-likeness (QED) is 0.764. The van der Waals surface area contributed by atoms with Crippen molar-refractivity contribution in [3.63, 3.8) is 0 Å². The van der Waals surface area contributed by atoms with Crippen LogP contribution in [0.1, 0.15) is 49.0 Å². The van der Waals surface area contributed by atoms with Gasteiger partial charge in [0.1, 0.15) is 5.69 Å². The molecule has 2 aromatic rings. The summed E-state index contributed by atoms with van der Waals surface area (Å²) in [6, 6.07) is 5.00. The molecule has 1 aliphatic rings. The Morgan fingerprint density at radius 3 is 2.75 bits per heavy atom. The Balaban J connectivity index is 0.00000280. The average Bonchev–Trinajstić information content (AvgIpc) is 3.23. The van der Waals surface area contributed by atoms with Gasteiger partial charge in [-0.05, 0) is 63.8 Å². The number of aromatic nitrogens is 3. The molecule has 1 saturated heterocycles. The molecule has 1 N–H and O–H groups in total. The monoisotopic (exact) mass is 416 g/mol. The summed E-state index contributed by atoms with van der Waals surface area (Å²) in [5.41, 5.74) is 1.29. The SMILES string of the molecule is CCOc1cc(C(C)N2CC[C@H](Cc3cc(C)nc(C(F)(F)F)c3)C2)[nH]n1.S. The molecule has 9 heteroatoms. The van der Waals surface area contributed by atoms with E-state index >= 15 is 0 Å². The molecular weight excluding hydrogens is 389 g/mol. The molecule has 0 saturated carbocycles. The smallest absolute Gasteiger partial charge is 0.433 e. The van der Waals surface area contributed by atoms with Crippen molar-refractivity contribution in [2.24, 2.45) is 5.92 Å². The number of likely N-dealkylation sites (tertiary alicyclic amines) is 1. The van der Waals surface area contributed by atoms with Crippen molar-refractivity contribution in [1.29, 1.82) is 0 Å². The first kappa shape index (κ1) is 22.5. The van der Waals surface area contributed by atoms with Crippen molar-refractivity contribution in [1.82, 2.24) is 20.1 Å². The molecular formula is C19H27F3N4OS. The van der Waals surface area contributed by atoms with E-state index in [1.54, 1.807) is 13.0 Å². The maximum absolute atomic E-state index is 13.0. The van der Waals surface area contributed by atoms with Crippen molar-refractivity contribution in [3.8, 4) is 5.88 Å². The van der Waals surface area contributed by atoms with Crippen molar-refractivity contribution < 1.29 is 17.9 Å². The lowest BCUT2D eigenvalue weighted by Crippen LogP contribution is -2.25. The highest BCUT2D eigenvalue weighted by Gasteiger charge is 2.33. The standard InChI is InChI=1S/C19H25F3N4O.H2S/c1-4-27-18-10-16(24-25-18)13(3)26-6-5-14(11-26)8-15-7-12(2)23-17(9-15)19(20,21)22;/h7,9-10,13-14H,4-6,8,11H2,1-3H3,(H,24,25);1H2/t13?,14-;/m1./s1. The van der Waals surface area contributed by atoms with Gasteiger partial charge < -0.3 is 4.74 Å². The Morgan fingerprint density at radius 2 is 2.07 bits per heavy atom. The van der Waals surface area contributed by atoms with E-state index < -0.39 is 11.9 Å². The molecule has 3 heterocycles. The van der Waals surface area contributed by atoms with E-state index in [1.165, 1.54) is 6.07 Å². The second-order valence-corrected chi connectivity index (χ2v) is 7.12. The largest absolute Gasteiger partial charge is 0.477 e. The second-order valence-electron chi connectivity index (χ2n) is 7.12. The predicted molar refractivity (Wildman–Crippen MR) is 106 cm³/mol. The third-order valence-corrected chi connectivity index (χ3v) is 5.01. The summed E-state index contributed by atoms with van der Waals surface area (Å²) in [6.07, 6.45) is -2.82. The highest BCUT2D eigenvalue weighted by molar-refractivity contribution is 7.59. The molecule has 0 spiro atoms. The summed E-state index contributed by atoms with van der Waals surface area (Å²) in [6.45, 7) is 7.93. The molecule has 0 aromatic carbocycles. The van der Waals surface area contributed by atoms with Crippen LogP contribution in [0.15, 0.2) is 18.2 Å². The fourth-order valence-electron chi connectivity index (χ4n) is 3.67. The van der Waals surface area contributed by atoms with Crippen molar-refractivity contribution in [2.45, 2.75) is 45.8 Å². The Hall–Kier alpha value is -1.74. The number of aromatic amines is 1. The van der Waals surface area contributed by atoms with Crippen LogP contribution in [-0.2, 0) is 12.6 Å². The van der Waals surface area contributed by atoms with Gasteiger partial charge in [-0.3, -0.25) is 10.00 Å². The van der Waals surface area contributed by atoms with Crippen LogP contribution in [-0.4, -0.2) is 39.8 Å². The summed E-state index contributed by atoms with van der Waals surface area (Å²) in [4.78, 5) is 5.95. The number of alkyl halides is 3. The number of pyridine rings is 1. The number of halogens is 3. The summed E-state index contributed by atoms with van der Waals surface area (Å²) in [5, 5.41) is 7.15. The normalized spacial score (nSPS) is 18.7. The highest BCUT2D eigenvalue weighted by Crippen LogP contribution is 2.32. The number of hydrogen-bond acceptors (Lipinski definition) is 4. The number of H-pyrrole nitrogens is 1. The van der Waals surface area contributed by atoms with Crippen molar-refractivity contribution >= 4 is 13.5 Å². The van der Waals surface area contributed by atoms with Crippen LogP contribution in [0, 0.1) is 12.8 Å². The molecule has 0 amide bonds. The molecule has 0 bridgehead atoms. The first-order valence-electron chi connectivity index (χ1n) is 9.23. The molecule has 0 aliphatic carbocycles. The van der Waals surface area contributed by atoms with Crippen LogP contribution in [0.3, 0.4) is 0 Å². The lowest BCUT2D eigenvalue weighted by molar-refractivity contribution is -0.141. The maximum atomic E-state index is 13.0. The van der Waals surface area contributed by atoms with E-state index in [2.05, 4.69) is 27.0 Å². The highest BCUT2D eigenvalue weighted by atomic mass is 32.1. The van der Waals surface area contributed by atoms with E-state index in [-0.39, 0.29) is 19.5 Å². The fraction of sp³-hybridized carbons (Fsp3) is 0.579. The summed E-state index contributed by atoms with van der Waals surface area (Å²) in [7, 11) is 0. The zero-order valence-corrected chi connectivity index (χ0v) is 17.3. The van der Waals surface area contributed by atoms with Gasteiger partial charge in [-0.15, -0.1) is 5.10 Å². The topological polar surface area (TPSA) is 54.0 Å². The lowest BCUT2D eigenvalue weighted by atomic mass is 9.98. The second kappa shape index (κ2) is 9.17. The average molecular weight is 417 g/mol. The van der Waals surface area contributed by atoms with E-state index in [1.807, 2.05) is 13.0 Å². The Morgan fingerprint density at radius 1 is 1.32 bits per heavy atom. The van der Waals surface area contributed by atoms with Gasteiger partial charge in [-0.25, -0.2) is 4.98 Å². The van der Waals surface area contributed by atoms with E-state index in [9.17, 15) is 13.2 Å². The van der Waals surface area contributed by atoms with Crippen LogP contribution in [0.2, 0.25) is 0 Å². The minimum atomic E-state index is -4.41. The predicted octanol–water partition coefficient (Wildman–Crippen LogP) is 4.27. The van der Waals surface area contributed by atoms with Gasteiger partial charge in [0.05, 0.1) is 12.3 Å². The molecule has 3 rings (SSSR count). The molecule has 2 atom stereocenters. The number of hydrogen-bond donors (Lipinski definition) is 1. The minimum Gasteiger partial charge on any atom is -0.477 e. The van der Waals surface area contributed by atoms with Crippen molar-refractivity contribution in [2.75, 3.05) is 19.7 Å². The number of aryl methyl sites for hydroxylation is 1. The first-order valence-corrected chi connectivity index (χ1v) is 9.23. The summed E-state index contributed by atoms with van der Waals surface area (Å²) in [5.74, 6) is 0.909. The third kappa shape index (κ3) is 5.41. The number of nitrogens with zero attached hydrogens (tertiary/aromatic N) is 3. The molecule has 156 valence electrons. The van der Waals surface area contributed by atoms with Crippen LogP contribution in [0.25, 0.3) is 0 Å². The van der Waals surface area contributed by atoms with Gasteiger partial charge in [-0.2, -0.15) is 26.7 Å². The molecule has 0 radical (unpaired) electrons. The molecule has 5 nitrogen and oxygen atoms in total. The van der Waals surface area contributed by atoms with E-state index in [4.69, 9.17) is 4.74 Å². The summed E-state index contributed by atoms with van der Waals surface area (Å²) < 4.78 is 44.3. The Kier molecular flexibility index (Phi) is 7.39. The van der Waals surface area contributed by atoms with Crippen LogP contribution in [0.5, 0.6) is 5.88 Å². The molecule has 1 aliphatic heterocycles. The number of ether oxygens (including phenoxy) is 1.